The summed E-state index contributed by atoms with van der Waals surface area (Å²) in [6.45, 7) is 1.53. The molecule has 2 aromatic heterocycles. The minimum absolute atomic E-state index is 0.303. The van der Waals surface area contributed by atoms with E-state index in [0.717, 1.165) is 10.2 Å². The Kier molecular flexibility index (Phi) is 2.46. The third-order valence-corrected chi connectivity index (χ3v) is 2.55. The van der Waals surface area contributed by atoms with Gasteiger partial charge in [-0.25, -0.2) is 9.97 Å². The van der Waals surface area contributed by atoms with E-state index in [9.17, 15) is 4.79 Å². The van der Waals surface area contributed by atoms with Crippen molar-refractivity contribution in [3.63, 3.8) is 0 Å². The molecule has 2 heterocycles. The average Bonchev–Trinajstić information content (AvgIpc) is 2.64. The summed E-state index contributed by atoms with van der Waals surface area (Å²) in [5, 5.41) is 11.4. The van der Waals surface area contributed by atoms with Gasteiger partial charge >= 0.3 is 5.97 Å². The molecule has 0 saturated heterocycles. The Balaban J connectivity index is 2.24. The summed E-state index contributed by atoms with van der Waals surface area (Å²) in [5.41, 5.74) is 0.718. The molecule has 0 spiro atoms. The molecule has 78 valence electrons. The van der Waals surface area contributed by atoms with Crippen LogP contribution >= 0.6 is 11.5 Å². The molecule has 0 aliphatic carbocycles. The van der Waals surface area contributed by atoms with Crippen LogP contribution in [0.3, 0.4) is 0 Å². The molecule has 0 fully saturated rings. The van der Waals surface area contributed by atoms with Crippen LogP contribution in [-0.4, -0.2) is 31.5 Å². The minimum Gasteiger partial charge on any atom is -0.480 e. The number of hydrogen-bond acceptors (Lipinski definition) is 6. The first-order chi connectivity index (χ1) is 7.16. The lowest BCUT2D eigenvalue weighted by Gasteiger charge is -2.07. The van der Waals surface area contributed by atoms with Crippen molar-refractivity contribution in [2.24, 2.45) is 0 Å². The fourth-order valence-electron chi connectivity index (χ4n) is 1.00. The molecule has 0 aromatic carbocycles. The van der Waals surface area contributed by atoms with Gasteiger partial charge < -0.3 is 10.4 Å². The zero-order valence-corrected chi connectivity index (χ0v) is 8.65. The van der Waals surface area contributed by atoms with Gasteiger partial charge in [-0.2, -0.15) is 4.37 Å². The van der Waals surface area contributed by atoms with Gasteiger partial charge in [0.1, 0.15) is 11.6 Å². The zero-order chi connectivity index (χ0) is 10.8. The van der Waals surface area contributed by atoms with Gasteiger partial charge in [0, 0.05) is 0 Å². The number of nitrogens with zero attached hydrogens (tertiary/aromatic N) is 3. The lowest BCUT2D eigenvalue weighted by atomic mass is 10.3. The van der Waals surface area contributed by atoms with Crippen molar-refractivity contribution in [3.8, 4) is 0 Å². The molecule has 15 heavy (non-hydrogen) atoms. The number of carboxylic acids is 1. The minimum atomic E-state index is -0.942. The normalized spacial score (nSPS) is 12.6. The fourth-order valence-corrected chi connectivity index (χ4v) is 1.56. The predicted octanol–water partition coefficient (Wildman–Crippen LogP) is 0.971. The first-order valence-corrected chi connectivity index (χ1v) is 5.01. The van der Waals surface area contributed by atoms with Gasteiger partial charge in [-0.1, -0.05) is 0 Å². The van der Waals surface area contributed by atoms with Crippen LogP contribution in [0, 0.1) is 0 Å². The Morgan fingerprint density at radius 1 is 1.60 bits per heavy atom. The molecule has 6 nitrogen and oxygen atoms in total. The second kappa shape index (κ2) is 3.77. The third kappa shape index (κ3) is 2.01. The number of hydrogen-bond donors (Lipinski definition) is 2. The molecule has 0 aliphatic heterocycles. The number of carbonyl (C=O) groups is 1. The Bertz CT molecular complexity index is 498. The van der Waals surface area contributed by atoms with E-state index in [1.165, 1.54) is 18.5 Å². The summed E-state index contributed by atoms with van der Waals surface area (Å²) in [4.78, 5) is 18.7. The highest BCUT2D eigenvalue weighted by Crippen LogP contribution is 2.15. The fraction of sp³-hybridized carbons (Fsp3) is 0.250. The van der Waals surface area contributed by atoms with Gasteiger partial charge in [-0.05, 0) is 18.5 Å². The maximum atomic E-state index is 10.6. The highest BCUT2D eigenvalue weighted by Gasteiger charge is 2.11. The molecule has 0 radical (unpaired) electrons. The monoisotopic (exact) mass is 224 g/mol. The van der Waals surface area contributed by atoms with Gasteiger partial charge in [0.25, 0.3) is 0 Å². The zero-order valence-electron chi connectivity index (χ0n) is 7.84. The molecule has 2 rings (SSSR count). The average molecular weight is 224 g/mol. The topological polar surface area (TPSA) is 88.0 Å². The Labute approximate surface area is 89.2 Å². The predicted molar refractivity (Wildman–Crippen MR) is 55.9 cm³/mol. The van der Waals surface area contributed by atoms with E-state index in [2.05, 4.69) is 19.7 Å². The van der Waals surface area contributed by atoms with Crippen LogP contribution < -0.4 is 5.32 Å². The van der Waals surface area contributed by atoms with Gasteiger partial charge in [0.05, 0.1) is 17.1 Å². The highest BCUT2D eigenvalue weighted by atomic mass is 32.1. The SMILES string of the molecule is CC(Nc1ncc2sncc2n1)C(=O)O. The van der Waals surface area contributed by atoms with Crippen molar-refractivity contribution in [2.45, 2.75) is 13.0 Å². The van der Waals surface area contributed by atoms with Crippen LogP contribution in [0.1, 0.15) is 6.92 Å². The maximum Gasteiger partial charge on any atom is 0.325 e. The van der Waals surface area contributed by atoms with E-state index < -0.39 is 12.0 Å². The number of fused-ring (bicyclic) bond motifs is 1. The van der Waals surface area contributed by atoms with E-state index in [1.807, 2.05) is 0 Å². The molecular weight excluding hydrogens is 216 g/mol. The van der Waals surface area contributed by atoms with Crippen molar-refractivity contribution in [1.29, 1.82) is 0 Å². The maximum absolute atomic E-state index is 10.6. The first-order valence-electron chi connectivity index (χ1n) is 4.23. The first kappa shape index (κ1) is 9.78. The van der Waals surface area contributed by atoms with Crippen molar-refractivity contribution in [3.05, 3.63) is 12.4 Å². The lowest BCUT2D eigenvalue weighted by molar-refractivity contribution is -0.137. The summed E-state index contributed by atoms with van der Waals surface area (Å²) in [6, 6.07) is -0.714. The quantitative estimate of drug-likeness (QED) is 0.807. The molecule has 0 saturated carbocycles. The van der Waals surface area contributed by atoms with E-state index >= 15 is 0 Å². The van der Waals surface area contributed by atoms with Crippen LogP contribution in [0.5, 0.6) is 0 Å². The summed E-state index contributed by atoms with van der Waals surface area (Å²) >= 11 is 1.30. The Morgan fingerprint density at radius 2 is 2.40 bits per heavy atom. The van der Waals surface area contributed by atoms with Crippen molar-refractivity contribution in [1.82, 2.24) is 14.3 Å². The molecule has 0 amide bonds. The van der Waals surface area contributed by atoms with Crippen LogP contribution in [0.2, 0.25) is 0 Å². The van der Waals surface area contributed by atoms with Gasteiger partial charge in [-0.3, -0.25) is 4.79 Å². The van der Waals surface area contributed by atoms with Gasteiger partial charge in [0.2, 0.25) is 5.95 Å². The van der Waals surface area contributed by atoms with Crippen LogP contribution in [0.15, 0.2) is 12.4 Å². The molecule has 1 atom stereocenters. The van der Waals surface area contributed by atoms with E-state index in [-0.39, 0.29) is 0 Å². The van der Waals surface area contributed by atoms with E-state index in [1.54, 1.807) is 12.4 Å². The van der Waals surface area contributed by atoms with E-state index in [0.29, 0.717) is 5.95 Å². The molecular formula is C8H8N4O2S. The molecule has 1 unspecified atom stereocenters. The van der Waals surface area contributed by atoms with Crippen molar-refractivity contribution < 1.29 is 9.90 Å². The molecule has 2 N–H and O–H groups in total. The summed E-state index contributed by atoms with van der Waals surface area (Å²) < 4.78 is 4.83. The molecule has 0 aliphatic rings. The molecule has 7 heteroatoms. The Hall–Kier alpha value is -1.76. The lowest BCUT2D eigenvalue weighted by Crippen LogP contribution is -2.26. The highest BCUT2D eigenvalue weighted by molar-refractivity contribution is 7.13. The number of nitrogens with one attached hydrogen (secondary N) is 1. The number of carboxylic acid groups (broad SMARTS) is 1. The molecule has 0 bridgehead atoms. The standard InChI is InChI=1S/C8H8N4O2S/c1-4(7(13)14)11-8-9-3-6-5(12-8)2-10-15-6/h2-4H,1H3,(H,13,14)(H,9,11,12). The van der Waals surface area contributed by atoms with Crippen LogP contribution in [0.25, 0.3) is 10.2 Å². The smallest absolute Gasteiger partial charge is 0.325 e. The van der Waals surface area contributed by atoms with Crippen LogP contribution in [-0.2, 0) is 4.79 Å². The molecule has 2 aromatic rings. The van der Waals surface area contributed by atoms with Crippen LogP contribution in [0.4, 0.5) is 5.95 Å². The van der Waals surface area contributed by atoms with Crippen molar-refractivity contribution >= 4 is 33.7 Å². The van der Waals surface area contributed by atoms with E-state index in [4.69, 9.17) is 5.11 Å². The number of aliphatic carboxylic acids is 1. The van der Waals surface area contributed by atoms with Gasteiger partial charge in [0.15, 0.2) is 0 Å². The Morgan fingerprint density at radius 3 is 3.13 bits per heavy atom. The van der Waals surface area contributed by atoms with Gasteiger partial charge in [-0.15, -0.1) is 0 Å². The second-order valence-corrected chi connectivity index (χ2v) is 3.81. The summed E-state index contributed by atoms with van der Waals surface area (Å²) in [6.07, 6.45) is 3.25. The second-order valence-electron chi connectivity index (χ2n) is 2.97. The third-order valence-electron chi connectivity index (χ3n) is 1.82. The largest absolute Gasteiger partial charge is 0.480 e. The number of anilines is 1. The summed E-state index contributed by atoms with van der Waals surface area (Å²) in [5.74, 6) is -0.639. The van der Waals surface area contributed by atoms with Crippen molar-refractivity contribution in [2.75, 3.05) is 5.32 Å². The number of aromatic nitrogens is 3. The number of rotatable bonds is 3. The summed E-state index contributed by atoms with van der Waals surface area (Å²) in [7, 11) is 0.